The molecule has 0 fully saturated rings. The average molecular weight is 223 g/mol. The molecule has 0 amide bonds. The molecule has 0 aliphatic heterocycles. The molecule has 0 aliphatic rings. The van der Waals surface area contributed by atoms with E-state index in [0.29, 0.717) is 11.2 Å². The van der Waals surface area contributed by atoms with Crippen LogP contribution >= 0.6 is 11.3 Å². The Bertz CT molecular complexity index is 471. The summed E-state index contributed by atoms with van der Waals surface area (Å²) in [6.07, 6.45) is 1.73. The van der Waals surface area contributed by atoms with E-state index >= 15 is 0 Å². The molecule has 2 aromatic heterocycles. The van der Waals surface area contributed by atoms with Gasteiger partial charge in [0, 0.05) is 6.04 Å². The number of nitrogen functional groups attached to an aromatic ring is 1. The summed E-state index contributed by atoms with van der Waals surface area (Å²) in [5.41, 5.74) is 6.57. The van der Waals surface area contributed by atoms with Crippen molar-refractivity contribution in [2.45, 2.75) is 26.8 Å². The van der Waals surface area contributed by atoms with Crippen molar-refractivity contribution in [3.05, 3.63) is 12.0 Å². The van der Waals surface area contributed by atoms with Crippen molar-refractivity contribution in [3.63, 3.8) is 0 Å². The Morgan fingerprint density at radius 2 is 2.20 bits per heavy atom. The van der Waals surface area contributed by atoms with Crippen molar-refractivity contribution in [1.29, 1.82) is 0 Å². The molecule has 0 aromatic carbocycles. The average Bonchev–Trinajstić information content (AvgIpc) is 2.71. The maximum Gasteiger partial charge on any atom is 0.180 e. The van der Waals surface area contributed by atoms with Crippen LogP contribution in [0.5, 0.6) is 0 Å². The maximum atomic E-state index is 5.66. The Morgan fingerprint density at radius 3 is 2.73 bits per heavy atom. The summed E-state index contributed by atoms with van der Waals surface area (Å²) in [7, 11) is 0. The van der Waals surface area contributed by atoms with Crippen LogP contribution in [0.15, 0.2) is 6.33 Å². The van der Waals surface area contributed by atoms with Crippen LogP contribution in [0, 0.1) is 6.92 Å². The van der Waals surface area contributed by atoms with Crippen LogP contribution < -0.4 is 5.73 Å². The highest BCUT2D eigenvalue weighted by atomic mass is 32.1. The molecule has 0 saturated heterocycles. The van der Waals surface area contributed by atoms with Crippen LogP contribution in [0.1, 0.15) is 25.6 Å². The first-order chi connectivity index (χ1) is 7.09. The molecule has 0 spiro atoms. The monoisotopic (exact) mass is 223 g/mol. The fourth-order valence-corrected chi connectivity index (χ4v) is 2.23. The molecule has 2 rings (SSSR count). The van der Waals surface area contributed by atoms with Crippen LogP contribution in [0.4, 0.5) is 5.13 Å². The Labute approximate surface area is 92.0 Å². The van der Waals surface area contributed by atoms with Gasteiger partial charge in [-0.1, -0.05) is 11.3 Å². The zero-order valence-corrected chi connectivity index (χ0v) is 9.75. The summed E-state index contributed by atoms with van der Waals surface area (Å²) in [5, 5.41) is 8.60. The topological polar surface area (TPSA) is 69.6 Å². The third kappa shape index (κ3) is 1.72. The van der Waals surface area contributed by atoms with Crippen LogP contribution in [0.25, 0.3) is 10.7 Å². The molecule has 2 aromatic rings. The number of hydrogen-bond donors (Lipinski definition) is 1. The van der Waals surface area contributed by atoms with Crippen molar-refractivity contribution in [1.82, 2.24) is 19.7 Å². The second kappa shape index (κ2) is 3.62. The summed E-state index contributed by atoms with van der Waals surface area (Å²) in [6.45, 7) is 6.11. The van der Waals surface area contributed by atoms with Crippen LogP contribution in [-0.2, 0) is 0 Å². The van der Waals surface area contributed by atoms with Crippen molar-refractivity contribution >= 4 is 16.5 Å². The summed E-state index contributed by atoms with van der Waals surface area (Å²) in [4.78, 5) is 5.18. The van der Waals surface area contributed by atoms with Gasteiger partial charge in [-0.15, -0.1) is 10.2 Å². The minimum Gasteiger partial charge on any atom is -0.375 e. The third-order valence-corrected chi connectivity index (χ3v) is 3.13. The molecule has 0 aliphatic carbocycles. The highest BCUT2D eigenvalue weighted by molar-refractivity contribution is 7.18. The normalized spacial score (nSPS) is 11.2. The summed E-state index contributed by atoms with van der Waals surface area (Å²) in [6, 6.07) is 0.331. The Balaban J connectivity index is 2.54. The Kier molecular flexibility index (Phi) is 2.44. The number of aromatic nitrogens is 4. The predicted octanol–water partition coefficient (Wildman–Crippen LogP) is 1.87. The number of hydrogen-bond acceptors (Lipinski definition) is 5. The summed E-state index contributed by atoms with van der Waals surface area (Å²) < 4.78 is 2.01. The molecule has 5 nitrogen and oxygen atoms in total. The first-order valence-electron chi connectivity index (χ1n) is 4.72. The molecular formula is C9H13N5S. The Hall–Kier alpha value is -1.43. The molecule has 0 bridgehead atoms. The van der Waals surface area contributed by atoms with Gasteiger partial charge < -0.3 is 10.3 Å². The van der Waals surface area contributed by atoms with Gasteiger partial charge in [0.2, 0.25) is 0 Å². The number of nitrogens with zero attached hydrogens (tertiary/aromatic N) is 4. The summed E-state index contributed by atoms with van der Waals surface area (Å²) in [5.74, 6) is 0.844. The van der Waals surface area contributed by atoms with E-state index in [2.05, 4.69) is 29.0 Å². The van der Waals surface area contributed by atoms with Crippen molar-refractivity contribution < 1.29 is 0 Å². The van der Waals surface area contributed by atoms with Crippen molar-refractivity contribution in [2.24, 2.45) is 0 Å². The van der Waals surface area contributed by atoms with E-state index in [1.807, 2.05) is 11.5 Å². The van der Waals surface area contributed by atoms with Gasteiger partial charge in [0.05, 0.1) is 10.6 Å². The van der Waals surface area contributed by atoms with Crippen LogP contribution in [0.3, 0.4) is 0 Å². The van der Waals surface area contributed by atoms with Gasteiger partial charge in [0.15, 0.2) is 11.0 Å². The number of thiazole rings is 1. The van der Waals surface area contributed by atoms with E-state index in [0.717, 1.165) is 16.4 Å². The lowest BCUT2D eigenvalue weighted by molar-refractivity contribution is 0.604. The zero-order valence-electron chi connectivity index (χ0n) is 8.93. The smallest absolute Gasteiger partial charge is 0.180 e. The number of rotatable bonds is 2. The van der Waals surface area contributed by atoms with Gasteiger partial charge in [-0.3, -0.25) is 0 Å². The first kappa shape index (κ1) is 10.1. The third-order valence-electron chi connectivity index (χ3n) is 2.15. The van der Waals surface area contributed by atoms with E-state index in [4.69, 9.17) is 5.73 Å². The lowest BCUT2D eigenvalue weighted by Gasteiger charge is -2.08. The fraction of sp³-hybridized carbons (Fsp3) is 0.444. The molecule has 0 saturated carbocycles. The van der Waals surface area contributed by atoms with Gasteiger partial charge in [0.25, 0.3) is 0 Å². The minimum atomic E-state index is 0.331. The molecule has 2 N–H and O–H groups in total. The molecule has 0 radical (unpaired) electrons. The molecule has 80 valence electrons. The van der Waals surface area contributed by atoms with Gasteiger partial charge in [-0.05, 0) is 20.8 Å². The highest BCUT2D eigenvalue weighted by Gasteiger charge is 2.15. The van der Waals surface area contributed by atoms with Crippen LogP contribution in [0.2, 0.25) is 0 Å². The van der Waals surface area contributed by atoms with Gasteiger partial charge >= 0.3 is 0 Å². The molecule has 15 heavy (non-hydrogen) atoms. The van der Waals surface area contributed by atoms with Crippen molar-refractivity contribution in [2.75, 3.05) is 5.73 Å². The SMILES string of the molecule is Cc1nc(N)sc1-c1nncn1C(C)C. The standard InChI is InChI=1S/C9H13N5S/c1-5(2)14-4-11-13-8(14)7-6(3)12-9(10)15-7/h4-5H,1-3H3,(H2,10,12). The Morgan fingerprint density at radius 1 is 1.47 bits per heavy atom. The second-order valence-corrected chi connectivity index (χ2v) is 4.65. The predicted molar refractivity (Wildman–Crippen MR) is 60.7 cm³/mol. The lowest BCUT2D eigenvalue weighted by Crippen LogP contribution is -2.01. The highest BCUT2D eigenvalue weighted by Crippen LogP contribution is 2.30. The first-order valence-corrected chi connectivity index (χ1v) is 5.54. The molecule has 2 heterocycles. The second-order valence-electron chi connectivity index (χ2n) is 3.62. The van der Waals surface area contributed by atoms with Crippen molar-refractivity contribution in [3.8, 4) is 10.7 Å². The van der Waals surface area contributed by atoms with E-state index in [9.17, 15) is 0 Å². The van der Waals surface area contributed by atoms with Gasteiger partial charge in [-0.25, -0.2) is 4.98 Å². The molecular weight excluding hydrogens is 210 g/mol. The number of aryl methyl sites for hydroxylation is 1. The number of anilines is 1. The number of nitrogens with two attached hydrogens (primary N) is 1. The minimum absolute atomic E-state index is 0.331. The van der Waals surface area contributed by atoms with E-state index < -0.39 is 0 Å². The van der Waals surface area contributed by atoms with Gasteiger partial charge in [-0.2, -0.15) is 0 Å². The largest absolute Gasteiger partial charge is 0.375 e. The van der Waals surface area contributed by atoms with Gasteiger partial charge in [0.1, 0.15) is 6.33 Å². The summed E-state index contributed by atoms with van der Waals surface area (Å²) >= 11 is 1.45. The quantitative estimate of drug-likeness (QED) is 0.843. The van der Waals surface area contributed by atoms with E-state index in [1.165, 1.54) is 11.3 Å². The molecule has 6 heteroatoms. The lowest BCUT2D eigenvalue weighted by atomic mass is 10.3. The van der Waals surface area contributed by atoms with E-state index in [1.54, 1.807) is 6.33 Å². The fourth-order valence-electron chi connectivity index (χ4n) is 1.41. The molecule has 0 unspecified atom stereocenters. The molecule has 0 atom stereocenters. The van der Waals surface area contributed by atoms with Crippen LogP contribution in [-0.4, -0.2) is 19.7 Å². The van der Waals surface area contributed by atoms with E-state index in [-0.39, 0.29) is 0 Å². The zero-order chi connectivity index (χ0) is 11.0. The maximum absolute atomic E-state index is 5.66.